The number of aliphatic hydroxyl groups is 1. The molecule has 0 aromatic heterocycles. The van der Waals surface area contributed by atoms with Crippen LogP contribution in [0.2, 0.25) is 0 Å². The van der Waals surface area contributed by atoms with Crippen LogP contribution in [0.15, 0.2) is 34.8 Å². The van der Waals surface area contributed by atoms with Crippen LogP contribution in [0.4, 0.5) is 0 Å². The third-order valence-electron chi connectivity index (χ3n) is 2.52. The van der Waals surface area contributed by atoms with Gasteiger partial charge in [-0.15, -0.1) is 0 Å². The topological polar surface area (TPSA) is 49.3 Å². The van der Waals surface area contributed by atoms with E-state index in [0.29, 0.717) is 18.9 Å². The number of rotatable bonds is 6. The lowest BCUT2D eigenvalue weighted by Gasteiger charge is -2.09. The lowest BCUT2D eigenvalue weighted by atomic mass is 10.1. The van der Waals surface area contributed by atoms with Crippen LogP contribution in [0, 0.1) is 5.92 Å². The Balaban J connectivity index is 2.40. The predicted octanol–water partition coefficient (Wildman–Crippen LogP) is 2.60. The molecule has 0 aliphatic carbocycles. The maximum absolute atomic E-state index is 11.5. The first kappa shape index (κ1) is 14.9. The summed E-state index contributed by atoms with van der Waals surface area (Å²) in [5, 5.41) is 11.6. The average Bonchev–Trinajstić information content (AvgIpc) is 2.34. The van der Waals surface area contributed by atoms with Gasteiger partial charge >= 0.3 is 0 Å². The molecule has 0 spiro atoms. The molecule has 2 N–H and O–H groups in total. The average molecular weight is 312 g/mol. The van der Waals surface area contributed by atoms with Gasteiger partial charge in [0, 0.05) is 23.7 Å². The van der Waals surface area contributed by atoms with Crippen LogP contribution in [0.3, 0.4) is 0 Å². The Morgan fingerprint density at radius 1 is 1.56 bits per heavy atom. The Labute approximate surface area is 116 Å². The predicted molar refractivity (Wildman–Crippen MR) is 77.1 cm³/mol. The SMILES string of the molecule is CC(CCO)CNC(=O)C=Cc1cccc(Br)c1. The first-order chi connectivity index (χ1) is 8.61. The van der Waals surface area contributed by atoms with Gasteiger partial charge in [0.25, 0.3) is 0 Å². The van der Waals surface area contributed by atoms with E-state index < -0.39 is 0 Å². The van der Waals surface area contributed by atoms with Gasteiger partial charge < -0.3 is 10.4 Å². The molecule has 0 aliphatic rings. The van der Waals surface area contributed by atoms with E-state index in [-0.39, 0.29) is 12.5 Å². The van der Waals surface area contributed by atoms with Crippen molar-refractivity contribution in [2.45, 2.75) is 13.3 Å². The summed E-state index contributed by atoms with van der Waals surface area (Å²) >= 11 is 3.38. The smallest absolute Gasteiger partial charge is 0.244 e. The lowest BCUT2D eigenvalue weighted by Crippen LogP contribution is -2.26. The summed E-state index contributed by atoms with van der Waals surface area (Å²) in [6.07, 6.45) is 4.00. The van der Waals surface area contributed by atoms with Crippen molar-refractivity contribution in [3.05, 3.63) is 40.4 Å². The van der Waals surface area contributed by atoms with Gasteiger partial charge in [0.2, 0.25) is 5.91 Å². The van der Waals surface area contributed by atoms with E-state index in [4.69, 9.17) is 5.11 Å². The zero-order valence-electron chi connectivity index (χ0n) is 10.4. The maximum atomic E-state index is 11.5. The van der Waals surface area contributed by atoms with Gasteiger partial charge in [0.05, 0.1) is 0 Å². The van der Waals surface area contributed by atoms with Crippen molar-refractivity contribution in [2.75, 3.05) is 13.2 Å². The van der Waals surface area contributed by atoms with Crippen LogP contribution in [-0.2, 0) is 4.79 Å². The van der Waals surface area contributed by atoms with Crippen molar-refractivity contribution in [2.24, 2.45) is 5.92 Å². The summed E-state index contributed by atoms with van der Waals surface area (Å²) in [6, 6.07) is 7.74. The van der Waals surface area contributed by atoms with Crippen molar-refractivity contribution >= 4 is 27.9 Å². The van der Waals surface area contributed by atoms with Crippen LogP contribution in [-0.4, -0.2) is 24.2 Å². The minimum Gasteiger partial charge on any atom is -0.396 e. The number of hydrogen-bond donors (Lipinski definition) is 2. The number of hydrogen-bond acceptors (Lipinski definition) is 2. The van der Waals surface area contributed by atoms with E-state index in [1.54, 1.807) is 6.08 Å². The largest absolute Gasteiger partial charge is 0.396 e. The summed E-state index contributed by atoms with van der Waals surface area (Å²) in [5.41, 5.74) is 0.975. The fraction of sp³-hybridized carbons (Fsp3) is 0.357. The summed E-state index contributed by atoms with van der Waals surface area (Å²) in [5.74, 6) is 0.179. The van der Waals surface area contributed by atoms with Gasteiger partial charge in [-0.1, -0.05) is 35.0 Å². The maximum Gasteiger partial charge on any atom is 0.244 e. The van der Waals surface area contributed by atoms with Gasteiger partial charge in [0.1, 0.15) is 0 Å². The normalized spacial score (nSPS) is 12.6. The first-order valence-corrected chi connectivity index (χ1v) is 6.73. The molecule has 0 aliphatic heterocycles. The number of carbonyl (C=O) groups is 1. The van der Waals surface area contributed by atoms with Gasteiger partial charge in [-0.2, -0.15) is 0 Å². The molecule has 4 heteroatoms. The highest BCUT2D eigenvalue weighted by atomic mass is 79.9. The van der Waals surface area contributed by atoms with E-state index in [9.17, 15) is 4.79 Å². The fourth-order valence-electron chi connectivity index (χ4n) is 1.44. The number of aliphatic hydroxyl groups excluding tert-OH is 1. The quantitative estimate of drug-likeness (QED) is 0.793. The second-order valence-electron chi connectivity index (χ2n) is 4.25. The number of nitrogens with one attached hydrogen (secondary N) is 1. The van der Waals surface area contributed by atoms with Crippen LogP contribution in [0.1, 0.15) is 18.9 Å². The Hall–Kier alpha value is -1.13. The molecule has 0 fully saturated rings. The molecule has 0 heterocycles. The summed E-state index contributed by atoms with van der Waals surface area (Å²) < 4.78 is 0.988. The molecule has 3 nitrogen and oxygen atoms in total. The van der Waals surface area contributed by atoms with Gasteiger partial charge in [0.15, 0.2) is 0 Å². The lowest BCUT2D eigenvalue weighted by molar-refractivity contribution is -0.116. The zero-order chi connectivity index (χ0) is 13.4. The monoisotopic (exact) mass is 311 g/mol. The second-order valence-corrected chi connectivity index (χ2v) is 5.17. The Kier molecular flexibility index (Phi) is 6.68. The molecule has 1 amide bonds. The molecule has 1 unspecified atom stereocenters. The molecule has 18 heavy (non-hydrogen) atoms. The van der Waals surface area contributed by atoms with Crippen LogP contribution < -0.4 is 5.32 Å². The molecule has 1 aromatic rings. The van der Waals surface area contributed by atoms with Crippen molar-refractivity contribution in [1.82, 2.24) is 5.32 Å². The molecular weight excluding hydrogens is 294 g/mol. The highest BCUT2D eigenvalue weighted by molar-refractivity contribution is 9.10. The molecule has 0 radical (unpaired) electrons. The molecule has 0 saturated heterocycles. The van der Waals surface area contributed by atoms with Crippen molar-refractivity contribution in [3.63, 3.8) is 0 Å². The fourth-order valence-corrected chi connectivity index (χ4v) is 1.86. The van der Waals surface area contributed by atoms with E-state index in [1.165, 1.54) is 6.08 Å². The standard InChI is InChI=1S/C14H18BrNO2/c1-11(7-8-17)10-16-14(18)6-5-12-3-2-4-13(15)9-12/h2-6,9,11,17H,7-8,10H2,1H3,(H,16,18). The zero-order valence-corrected chi connectivity index (χ0v) is 12.0. The minimum absolute atomic E-state index is 0.111. The second kappa shape index (κ2) is 8.06. The Morgan fingerprint density at radius 2 is 2.33 bits per heavy atom. The summed E-state index contributed by atoms with van der Waals surface area (Å²) in [4.78, 5) is 11.5. The van der Waals surface area contributed by atoms with E-state index >= 15 is 0 Å². The van der Waals surface area contributed by atoms with Crippen molar-refractivity contribution in [3.8, 4) is 0 Å². The van der Waals surface area contributed by atoms with Gasteiger partial charge in [-0.05, 0) is 36.1 Å². The number of carbonyl (C=O) groups excluding carboxylic acids is 1. The van der Waals surface area contributed by atoms with E-state index in [1.807, 2.05) is 31.2 Å². The van der Waals surface area contributed by atoms with E-state index in [0.717, 1.165) is 10.0 Å². The summed E-state index contributed by atoms with van der Waals surface area (Å²) in [7, 11) is 0. The summed E-state index contributed by atoms with van der Waals surface area (Å²) in [6.45, 7) is 2.74. The number of halogens is 1. The molecule has 98 valence electrons. The van der Waals surface area contributed by atoms with Crippen LogP contribution in [0.5, 0.6) is 0 Å². The Bertz CT molecular complexity index is 418. The Morgan fingerprint density at radius 3 is 3.00 bits per heavy atom. The molecule has 1 aromatic carbocycles. The molecule has 0 saturated carbocycles. The third kappa shape index (κ3) is 5.98. The number of amides is 1. The first-order valence-electron chi connectivity index (χ1n) is 5.94. The van der Waals surface area contributed by atoms with Crippen LogP contribution >= 0.6 is 15.9 Å². The van der Waals surface area contributed by atoms with Crippen molar-refractivity contribution in [1.29, 1.82) is 0 Å². The highest BCUT2D eigenvalue weighted by Gasteiger charge is 2.02. The molecule has 1 atom stereocenters. The van der Waals surface area contributed by atoms with Gasteiger partial charge in [-0.3, -0.25) is 4.79 Å². The number of benzene rings is 1. The van der Waals surface area contributed by atoms with Gasteiger partial charge in [-0.25, -0.2) is 0 Å². The highest BCUT2D eigenvalue weighted by Crippen LogP contribution is 2.12. The molecule has 1 rings (SSSR count). The van der Waals surface area contributed by atoms with Crippen LogP contribution in [0.25, 0.3) is 6.08 Å². The van der Waals surface area contributed by atoms with E-state index in [2.05, 4.69) is 21.2 Å². The molecular formula is C14H18BrNO2. The van der Waals surface area contributed by atoms with Crippen molar-refractivity contribution < 1.29 is 9.90 Å². The third-order valence-corrected chi connectivity index (χ3v) is 3.02. The minimum atomic E-state index is -0.111. The molecule has 0 bridgehead atoms.